The minimum atomic E-state index is 0.727. The van der Waals surface area contributed by atoms with Gasteiger partial charge in [-0.05, 0) is 23.3 Å². The highest BCUT2D eigenvalue weighted by Gasteiger charge is 2.14. The summed E-state index contributed by atoms with van der Waals surface area (Å²) in [5, 5.41) is 4.60. The van der Waals surface area contributed by atoms with Gasteiger partial charge in [0.1, 0.15) is 0 Å². The van der Waals surface area contributed by atoms with Gasteiger partial charge >= 0.3 is 0 Å². The van der Waals surface area contributed by atoms with E-state index in [0.717, 1.165) is 31.5 Å². The minimum absolute atomic E-state index is 0.727. The molecule has 2 aromatic carbocycles. The Kier molecular flexibility index (Phi) is 3.82. The lowest BCUT2D eigenvalue weighted by Crippen LogP contribution is -2.13. The van der Waals surface area contributed by atoms with E-state index in [9.17, 15) is 0 Å². The van der Waals surface area contributed by atoms with Gasteiger partial charge in [0.15, 0.2) is 0 Å². The molecule has 0 aliphatic heterocycles. The molecule has 0 saturated heterocycles. The highest BCUT2D eigenvalue weighted by atomic mass is 35.5. The normalized spacial score (nSPS) is 11.8. The molecule has 3 rings (SSSR count). The van der Waals surface area contributed by atoms with Crippen LogP contribution in [0.2, 0.25) is 5.02 Å². The number of nitrogens with two attached hydrogens (primary N) is 1. The molecule has 0 spiro atoms. The standard InChI is InChI=1S/C16H14ClN3S/c1-20-14(11-5-3-2-4-6-11)15(21-16(20)19-18)12-7-9-13(17)10-8-12/h2-10H,18H2,1H3/b19-16-. The molecule has 21 heavy (non-hydrogen) atoms. The Morgan fingerprint density at radius 2 is 1.67 bits per heavy atom. The minimum Gasteiger partial charge on any atom is -0.320 e. The van der Waals surface area contributed by atoms with Crippen LogP contribution in [-0.4, -0.2) is 4.57 Å². The van der Waals surface area contributed by atoms with Crippen molar-refractivity contribution in [1.29, 1.82) is 0 Å². The Morgan fingerprint density at radius 3 is 2.29 bits per heavy atom. The maximum absolute atomic E-state index is 5.98. The number of halogens is 1. The molecular formula is C16H14ClN3S. The zero-order chi connectivity index (χ0) is 14.8. The van der Waals surface area contributed by atoms with Crippen molar-refractivity contribution in [3.63, 3.8) is 0 Å². The second kappa shape index (κ2) is 5.76. The van der Waals surface area contributed by atoms with E-state index in [4.69, 9.17) is 17.4 Å². The van der Waals surface area contributed by atoms with Gasteiger partial charge in [0.05, 0.1) is 10.6 Å². The van der Waals surface area contributed by atoms with E-state index in [0.29, 0.717) is 0 Å². The topological polar surface area (TPSA) is 43.3 Å². The molecule has 0 aliphatic rings. The highest BCUT2D eigenvalue weighted by molar-refractivity contribution is 7.13. The zero-order valence-corrected chi connectivity index (χ0v) is 13.0. The van der Waals surface area contributed by atoms with E-state index in [1.165, 1.54) is 0 Å². The van der Waals surface area contributed by atoms with Gasteiger partial charge in [0, 0.05) is 12.1 Å². The molecule has 0 atom stereocenters. The maximum Gasteiger partial charge on any atom is 0.208 e. The summed E-state index contributed by atoms with van der Waals surface area (Å²) in [5.74, 6) is 5.51. The highest BCUT2D eigenvalue weighted by Crippen LogP contribution is 2.34. The number of hydrogen-bond donors (Lipinski definition) is 1. The van der Waals surface area contributed by atoms with Crippen molar-refractivity contribution in [1.82, 2.24) is 4.57 Å². The average molecular weight is 316 g/mol. The largest absolute Gasteiger partial charge is 0.320 e. The van der Waals surface area contributed by atoms with Crippen molar-refractivity contribution in [2.75, 3.05) is 0 Å². The molecule has 3 nitrogen and oxygen atoms in total. The fourth-order valence-corrected chi connectivity index (χ4v) is 3.48. The van der Waals surface area contributed by atoms with Crippen LogP contribution in [0.4, 0.5) is 0 Å². The summed E-state index contributed by atoms with van der Waals surface area (Å²) in [6, 6.07) is 18.0. The number of nitrogens with zero attached hydrogens (tertiary/aromatic N) is 2. The molecule has 0 bridgehead atoms. The lowest BCUT2D eigenvalue weighted by atomic mass is 10.1. The van der Waals surface area contributed by atoms with Gasteiger partial charge in [-0.2, -0.15) is 5.10 Å². The zero-order valence-electron chi connectivity index (χ0n) is 11.5. The third kappa shape index (κ3) is 2.60. The summed E-state index contributed by atoms with van der Waals surface area (Å²) in [4.78, 5) is 1.91. The number of benzene rings is 2. The first-order chi connectivity index (χ1) is 10.2. The van der Waals surface area contributed by atoms with Crippen LogP contribution in [0.15, 0.2) is 59.7 Å². The first-order valence-electron chi connectivity index (χ1n) is 6.46. The molecule has 0 unspecified atom stereocenters. The number of rotatable bonds is 2. The van der Waals surface area contributed by atoms with Crippen molar-refractivity contribution in [2.45, 2.75) is 0 Å². The van der Waals surface area contributed by atoms with E-state index < -0.39 is 0 Å². The lowest BCUT2D eigenvalue weighted by molar-refractivity contribution is 0.863. The molecule has 1 heterocycles. The fraction of sp³-hybridized carbons (Fsp3) is 0.0625. The van der Waals surface area contributed by atoms with Gasteiger partial charge in [-0.3, -0.25) is 0 Å². The first kappa shape index (κ1) is 13.9. The van der Waals surface area contributed by atoms with Crippen molar-refractivity contribution < 1.29 is 0 Å². The summed E-state index contributed by atoms with van der Waals surface area (Å²) in [6.45, 7) is 0. The van der Waals surface area contributed by atoms with Crippen LogP contribution in [0.25, 0.3) is 21.7 Å². The Bertz CT molecular complexity index is 817. The summed E-state index contributed by atoms with van der Waals surface area (Å²) in [6.07, 6.45) is 0. The molecule has 106 valence electrons. The third-order valence-electron chi connectivity index (χ3n) is 3.29. The smallest absolute Gasteiger partial charge is 0.208 e. The Hall–Kier alpha value is -2.04. The van der Waals surface area contributed by atoms with Gasteiger partial charge in [0.25, 0.3) is 0 Å². The van der Waals surface area contributed by atoms with Crippen LogP contribution in [0, 0.1) is 0 Å². The van der Waals surface area contributed by atoms with Crippen molar-refractivity contribution in [3.8, 4) is 21.7 Å². The molecule has 1 aromatic heterocycles. The van der Waals surface area contributed by atoms with Crippen LogP contribution in [0.3, 0.4) is 0 Å². The van der Waals surface area contributed by atoms with Crippen molar-refractivity contribution >= 4 is 22.9 Å². The van der Waals surface area contributed by atoms with Gasteiger partial charge < -0.3 is 10.4 Å². The number of hydrogen-bond acceptors (Lipinski definition) is 3. The van der Waals surface area contributed by atoms with Crippen LogP contribution < -0.4 is 10.6 Å². The van der Waals surface area contributed by atoms with Crippen molar-refractivity contribution in [3.05, 3.63) is 64.4 Å². The first-order valence-corrected chi connectivity index (χ1v) is 7.65. The van der Waals surface area contributed by atoms with Crippen LogP contribution in [0.1, 0.15) is 0 Å². The van der Waals surface area contributed by atoms with E-state index in [2.05, 4.69) is 17.2 Å². The number of thiazole rings is 1. The Morgan fingerprint density at radius 1 is 1.00 bits per heavy atom. The van der Waals surface area contributed by atoms with E-state index >= 15 is 0 Å². The molecule has 2 N–H and O–H groups in total. The predicted molar refractivity (Wildman–Crippen MR) is 88.9 cm³/mol. The van der Waals surface area contributed by atoms with Gasteiger partial charge in [-0.1, -0.05) is 65.4 Å². The quantitative estimate of drug-likeness (QED) is 0.566. The van der Waals surface area contributed by atoms with Gasteiger partial charge in [-0.25, -0.2) is 0 Å². The summed E-state index contributed by atoms with van der Waals surface area (Å²) in [5.41, 5.74) is 3.34. The van der Waals surface area contributed by atoms with E-state index in [-0.39, 0.29) is 0 Å². The second-order valence-electron chi connectivity index (χ2n) is 4.62. The number of aromatic nitrogens is 1. The molecule has 0 fully saturated rings. The van der Waals surface area contributed by atoms with E-state index in [1.54, 1.807) is 11.3 Å². The van der Waals surface area contributed by atoms with Crippen LogP contribution in [0.5, 0.6) is 0 Å². The molecular weight excluding hydrogens is 302 g/mol. The molecule has 5 heteroatoms. The van der Waals surface area contributed by atoms with E-state index in [1.807, 2.05) is 54.1 Å². The average Bonchev–Trinajstić information content (AvgIpc) is 2.85. The summed E-state index contributed by atoms with van der Waals surface area (Å²) >= 11 is 7.55. The Balaban J connectivity index is 2.28. The summed E-state index contributed by atoms with van der Waals surface area (Å²) < 4.78 is 2.02. The second-order valence-corrected chi connectivity index (χ2v) is 6.04. The van der Waals surface area contributed by atoms with Gasteiger partial charge in [0.2, 0.25) is 4.80 Å². The van der Waals surface area contributed by atoms with Crippen LogP contribution in [-0.2, 0) is 7.05 Å². The van der Waals surface area contributed by atoms with Gasteiger partial charge in [-0.15, -0.1) is 0 Å². The molecule has 0 aliphatic carbocycles. The molecule has 0 radical (unpaired) electrons. The predicted octanol–water partition coefficient (Wildman–Crippen LogP) is 3.85. The third-order valence-corrected chi connectivity index (χ3v) is 4.74. The van der Waals surface area contributed by atoms with Crippen LogP contribution >= 0.6 is 22.9 Å². The molecule has 3 aromatic rings. The maximum atomic E-state index is 5.98. The SMILES string of the molecule is Cn1c(-c2ccccc2)c(-c2ccc(Cl)cc2)s/c1=N\N. The summed E-state index contributed by atoms with van der Waals surface area (Å²) in [7, 11) is 1.98. The molecule has 0 saturated carbocycles. The monoisotopic (exact) mass is 315 g/mol. The lowest BCUT2D eigenvalue weighted by Gasteiger charge is -2.07. The fourth-order valence-electron chi connectivity index (χ4n) is 2.29. The van der Waals surface area contributed by atoms with Crippen molar-refractivity contribution in [2.24, 2.45) is 18.0 Å². The Labute approximate surface area is 131 Å². The molecule has 0 amide bonds.